The average Bonchev–Trinajstić information content (AvgIpc) is 2.37. The van der Waals surface area contributed by atoms with E-state index in [0.29, 0.717) is 5.56 Å². The molecule has 0 bridgehead atoms. The fourth-order valence-corrected chi connectivity index (χ4v) is 1.95. The van der Waals surface area contributed by atoms with Crippen molar-refractivity contribution in [2.75, 3.05) is 0 Å². The van der Waals surface area contributed by atoms with Crippen LogP contribution in [0.2, 0.25) is 0 Å². The summed E-state index contributed by atoms with van der Waals surface area (Å²) in [5.41, 5.74) is 1.76. The Kier molecular flexibility index (Phi) is 6.48. The predicted octanol–water partition coefficient (Wildman–Crippen LogP) is 4.55. The molecule has 1 rings (SSSR count). The summed E-state index contributed by atoms with van der Waals surface area (Å²) in [5, 5.41) is 0. The summed E-state index contributed by atoms with van der Waals surface area (Å²) in [5.74, 6) is 0.836. The summed E-state index contributed by atoms with van der Waals surface area (Å²) < 4.78 is 5.91. The molecule has 18 heavy (non-hydrogen) atoms. The van der Waals surface area contributed by atoms with Crippen molar-refractivity contribution in [3.8, 4) is 5.75 Å². The molecule has 0 heterocycles. The first-order valence-corrected chi connectivity index (χ1v) is 6.89. The van der Waals surface area contributed by atoms with E-state index >= 15 is 0 Å². The first-order valence-electron chi connectivity index (χ1n) is 6.89. The van der Waals surface area contributed by atoms with Gasteiger partial charge in [0.25, 0.3) is 0 Å². The van der Waals surface area contributed by atoms with Gasteiger partial charge in [-0.2, -0.15) is 0 Å². The maximum atomic E-state index is 10.7. The SMILES string of the molecule is CCCCCCC(C)Oc1cc(C=O)ccc1C. The molecule has 0 aromatic heterocycles. The third-order valence-electron chi connectivity index (χ3n) is 3.14. The highest BCUT2D eigenvalue weighted by Crippen LogP contribution is 2.21. The Labute approximate surface area is 110 Å². The van der Waals surface area contributed by atoms with Gasteiger partial charge in [-0.1, -0.05) is 38.3 Å². The lowest BCUT2D eigenvalue weighted by Crippen LogP contribution is -2.12. The Morgan fingerprint density at radius 3 is 2.72 bits per heavy atom. The third-order valence-corrected chi connectivity index (χ3v) is 3.14. The van der Waals surface area contributed by atoms with Crippen molar-refractivity contribution in [2.45, 2.75) is 59.0 Å². The molecule has 0 saturated carbocycles. The molecule has 0 amide bonds. The van der Waals surface area contributed by atoms with E-state index in [-0.39, 0.29) is 6.10 Å². The van der Waals surface area contributed by atoms with E-state index in [0.717, 1.165) is 24.0 Å². The van der Waals surface area contributed by atoms with Crippen molar-refractivity contribution >= 4 is 6.29 Å². The Bertz CT molecular complexity index is 371. The van der Waals surface area contributed by atoms with Crippen molar-refractivity contribution in [1.29, 1.82) is 0 Å². The quantitative estimate of drug-likeness (QED) is 0.498. The van der Waals surface area contributed by atoms with E-state index in [1.54, 1.807) is 0 Å². The molecule has 0 N–H and O–H groups in total. The number of aldehydes is 1. The lowest BCUT2D eigenvalue weighted by atomic mass is 10.1. The smallest absolute Gasteiger partial charge is 0.150 e. The van der Waals surface area contributed by atoms with Crippen molar-refractivity contribution in [1.82, 2.24) is 0 Å². The van der Waals surface area contributed by atoms with Crippen LogP contribution in [0.5, 0.6) is 5.75 Å². The Morgan fingerprint density at radius 1 is 1.28 bits per heavy atom. The van der Waals surface area contributed by atoms with Crippen molar-refractivity contribution in [2.24, 2.45) is 0 Å². The molecule has 2 heteroatoms. The summed E-state index contributed by atoms with van der Waals surface area (Å²) in [6.45, 7) is 6.32. The summed E-state index contributed by atoms with van der Waals surface area (Å²) >= 11 is 0. The second-order valence-electron chi connectivity index (χ2n) is 4.92. The second-order valence-corrected chi connectivity index (χ2v) is 4.92. The van der Waals surface area contributed by atoms with Crippen LogP contribution in [0.1, 0.15) is 61.9 Å². The van der Waals surface area contributed by atoms with Gasteiger partial charge in [-0.05, 0) is 38.3 Å². The van der Waals surface area contributed by atoms with Crippen LogP contribution in [0, 0.1) is 6.92 Å². The summed E-state index contributed by atoms with van der Waals surface area (Å²) in [6.07, 6.45) is 7.19. The number of hydrogen-bond acceptors (Lipinski definition) is 2. The number of benzene rings is 1. The Hall–Kier alpha value is -1.31. The summed E-state index contributed by atoms with van der Waals surface area (Å²) in [7, 11) is 0. The van der Waals surface area contributed by atoms with Gasteiger partial charge in [0.15, 0.2) is 0 Å². The topological polar surface area (TPSA) is 26.3 Å². The zero-order valence-electron chi connectivity index (χ0n) is 11.7. The minimum Gasteiger partial charge on any atom is -0.490 e. The number of rotatable bonds is 8. The summed E-state index contributed by atoms with van der Waals surface area (Å²) in [4.78, 5) is 10.7. The molecule has 0 aliphatic rings. The van der Waals surface area contributed by atoms with Crippen LogP contribution in [0.25, 0.3) is 0 Å². The van der Waals surface area contributed by atoms with Gasteiger partial charge >= 0.3 is 0 Å². The highest BCUT2D eigenvalue weighted by atomic mass is 16.5. The van der Waals surface area contributed by atoms with Crippen LogP contribution in [0.3, 0.4) is 0 Å². The summed E-state index contributed by atoms with van der Waals surface area (Å²) in [6, 6.07) is 5.58. The van der Waals surface area contributed by atoms with E-state index < -0.39 is 0 Å². The molecule has 0 fully saturated rings. The minimum absolute atomic E-state index is 0.211. The number of unbranched alkanes of at least 4 members (excludes halogenated alkanes) is 3. The van der Waals surface area contributed by atoms with Gasteiger partial charge in [0.2, 0.25) is 0 Å². The first kappa shape index (κ1) is 14.7. The fraction of sp³-hybridized carbons (Fsp3) is 0.562. The Balaban J connectivity index is 2.47. The minimum atomic E-state index is 0.211. The molecule has 1 aromatic carbocycles. The van der Waals surface area contributed by atoms with E-state index in [1.807, 2.05) is 25.1 Å². The second kappa shape index (κ2) is 7.91. The maximum Gasteiger partial charge on any atom is 0.150 e. The standard InChI is InChI=1S/C16H24O2/c1-4-5-6-7-8-14(3)18-16-11-15(12-17)10-9-13(16)2/h9-12,14H,4-8H2,1-3H3. The van der Waals surface area contributed by atoms with Crippen LogP contribution in [-0.2, 0) is 0 Å². The molecule has 0 radical (unpaired) electrons. The molecular formula is C16H24O2. The van der Waals surface area contributed by atoms with Gasteiger partial charge < -0.3 is 4.74 Å². The highest BCUT2D eigenvalue weighted by molar-refractivity contribution is 5.75. The van der Waals surface area contributed by atoms with Crippen LogP contribution in [-0.4, -0.2) is 12.4 Å². The van der Waals surface area contributed by atoms with E-state index in [9.17, 15) is 4.79 Å². The predicted molar refractivity (Wildman–Crippen MR) is 75.4 cm³/mol. The number of carbonyl (C=O) groups is 1. The van der Waals surface area contributed by atoms with Gasteiger partial charge in [-0.15, -0.1) is 0 Å². The normalized spacial score (nSPS) is 12.2. The number of ether oxygens (including phenoxy) is 1. The van der Waals surface area contributed by atoms with E-state index in [2.05, 4.69) is 13.8 Å². The van der Waals surface area contributed by atoms with Crippen molar-refractivity contribution < 1.29 is 9.53 Å². The molecule has 100 valence electrons. The van der Waals surface area contributed by atoms with Crippen molar-refractivity contribution in [3.05, 3.63) is 29.3 Å². The highest BCUT2D eigenvalue weighted by Gasteiger charge is 2.07. The number of carbonyl (C=O) groups excluding carboxylic acids is 1. The van der Waals surface area contributed by atoms with Crippen LogP contribution in [0.15, 0.2) is 18.2 Å². The lowest BCUT2D eigenvalue weighted by molar-refractivity contribution is 0.112. The largest absolute Gasteiger partial charge is 0.490 e. The van der Waals surface area contributed by atoms with Gasteiger partial charge in [-0.3, -0.25) is 4.79 Å². The van der Waals surface area contributed by atoms with Gasteiger partial charge in [0.1, 0.15) is 12.0 Å². The van der Waals surface area contributed by atoms with Crippen LogP contribution >= 0.6 is 0 Å². The zero-order valence-corrected chi connectivity index (χ0v) is 11.7. The molecule has 0 spiro atoms. The van der Waals surface area contributed by atoms with E-state index in [4.69, 9.17) is 4.74 Å². The van der Waals surface area contributed by atoms with Crippen LogP contribution in [0.4, 0.5) is 0 Å². The first-order chi connectivity index (χ1) is 8.67. The Morgan fingerprint density at radius 2 is 2.06 bits per heavy atom. The maximum absolute atomic E-state index is 10.7. The molecular weight excluding hydrogens is 224 g/mol. The third kappa shape index (κ3) is 4.91. The molecule has 2 nitrogen and oxygen atoms in total. The van der Waals surface area contributed by atoms with Gasteiger partial charge in [-0.25, -0.2) is 0 Å². The fourth-order valence-electron chi connectivity index (χ4n) is 1.95. The molecule has 1 aromatic rings. The monoisotopic (exact) mass is 248 g/mol. The zero-order chi connectivity index (χ0) is 13.4. The van der Waals surface area contributed by atoms with Gasteiger partial charge in [0, 0.05) is 5.56 Å². The number of aryl methyl sites for hydroxylation is 1. The lowest BCUT2D eigenvalue weighted by Gasteiger charge is -2.16. The molecule has 0 aliphatic carbocycles. The molecule has 0 saturated heterocycles. The van der Waals surface area contributed by atoms with Crippen molar-refractivity contribution in [3.63, 3.8) is 0 Å². The van der Waals surface area contributed by atoms with Crippen LogP contribution < -0.4 is 4.74 Å². The average molecular weight is 248 g/mol. The molecule has 0 aliphatic heterocycles. The van der Waals surface area contributed by atoms with E-state index in [1.165, 1.54) is 25.7 Å². The van der Waals surface area contributed by atoms with Gasteiger partial charge in [0.05, 0.1) is 6.10 Å². The molecule has 1 unspecified atom stereocenters. The molecule has 1 atom stereocenters. The number of hydrogen-bond donors (Lipinski definition) is 0.